The van der Waals surface area contributed by atoms with Crippen LogP contribution >= 0.6 is 0 Å². The molecule has 0 heterocycles. The quantitative estimate of drug-likeness (QED) is 0.468. The largest absolute Gasteiger partial charge is 0.463 e. The molecule has 0 aliphatic rings. The number of ether oxygens (including phenoxy) is 1. The van der Waals surface area contributed by atoms with E-state index in [-0.39, 0.29) is 5.97 Å². The van der Waals surface area contributed by atoms with Gasteiger partial charge in [-0.2, -0.15) is 0 Å². The topological polar surface area (TPSA) is 26.3 Å². The molecule has 0 spiro atoms. The molecule has 0 fully saturated rings. The van der Waals surface area contributed by atoms with Crippen LogP contribution in [0.3, 0.4) is 0 Å². The highest BCUT2D eigenvalue weighted by atomic mass is 16.5. The van der Waals surface area contributed by atoms with Crippen LogP contribution in [-0.4, -0.2) is 12.6 Å². The number of hydrogen-bond donors (Lipinski definition) is 0. The summed E-state index contributed by atoms with van der Waals surface area (Å²) in [6.45, 7) is 6.49. The van der Waals surface area contributed by atoms with Crippen molar-refractivity contribution >= 4 is 5.97 Å². The fraction of sp³-hybridized carbons (Fsp3) is 0.700. The monoisotopic (exact) mass is 170 g/mol. The Kier molecular flexibility index (Phi) is 6.44. The zero-order valence-electron chi connectivity index (χ0n) is 8.17. The van der Waals surface area contributed by atoms with Crippen molar-refractivity contribution in [1.29, 1.82) is 0 Å². The van der Waals surface area contributed by atoms with Crippen molar-refractivity contribution in [3.8, 4) is 0 Å². The minimum Gasteiger partial charge on any atom is -0.463 e. The maximum atomic E-state index is 10.9. The van der Waals surface area contributed by atoms with Gasteiger partial charge in [-0.25, -0.2) is 4.79 Å². The van der Waals surface area contributed by atoms with Gasteiger partial charge in [-0.05, 0) is 25.7 Å². The Morgan fingerprint density at radius 2 is 1.92 bits per heavy atom. The predicted octanol–water partition coefficient (Wildman–Crippen LogP) is 2.54. The van der Waals surface area contributed by atoms with Crippen molar-refractivity contribution in [2.75, 3.05) is 6.61 Å². The van der Waals surface area contributed by atoms with Crippen molar-refractivity contribution < 1.29 is 9.53 Å². The lowest BCUT2D eigenvalue weighted by Crippen LogP contribution is -2.00. The zero-order valence-corrected chi connectivity index (χ0v) is 8.17. The van der Waals surface area contributed by atoms with Crippen molar-refractivity contribution in [1.82, 2.24) is 0 Å². The summed E-state index contributed by atoms with van der Waals surface area (Å²) >= 11 is 0. The Labute approximate surface area is 74.6 Å². The van der Waals surface area contributed by atoms with Crippen LogP contribution in [0.2, 0.25) is 0 Å². The molecule has 70 valence electrons. The van der Waals surface area contributed by atoms with Gasteiger partial charge in [-0.3, -0.25) is 0 Å². The molecule has 0 unspecified atom stereocenters. The summed E-state index contributed by atoms with van der Waals surface area (Å²) in [5.74, 6) is 0.277. The minimum absolute atomic E-state index is 0.232. The molecule has 2 nitrogen and oxygen atoms in total. The normalized spacial score (nSPS) is 11.0. The number of esters is 1. The molecule has 2 heteroatoms. The van der Waals surface area contributed by atoms with E-state index in [1.807, 2.05) is 13.0 Å². The van der Waals surface area contributed by atoms with Gasteiger partial charge in [0.05, 0.1) is 6.61 Å². The highest BCUT2D eigenvalue weighted by Crippen LogP contribution is 2.08. The molecule has 0 N–H and O–H groups in total. The minimum atomic E-state index is -0.232. The van der Waals surface area contributed by atoms with Gasteiger partial charge in [0.15, 0.2) is 0 Å². The summed E-state index contributed by atoms with van der Waals surface area (Å²) in [7, 11) is 0. The molecule has 0 aromatic carbocycles. The van der Waals surface area contributed by atoms with Crippen molar-refractivity contribution in [3.63, 3.8) is 0 Å². The Morgan fingerprint density at radius 3 is 2.33 bits per heavy atom. The maximum Gasteiger partial charge on any atom is 0.330 e. The van der Waals surface area contributed by atoms with Gasteiger partial charge in [0.2, 0.25) is 0 Å². The van der Waals surface area contributed by atoms with Gasteiger partial charge in [-0.15, -0.1) is 0 Å². The average molecular weight is 170 g/mol. The third-order valence-electron chi connectivity index (χ3n) is 1.84. The average Bonchev–Trinajstić information content (AvgIpc) is 2.07. The van der Waals surface area contributed by atoms with Crippen LogP contribution in [0.15, 0.2) is 12.2 Å². The van der Waals surface area contributed by atoms with Crippen LogP contribution in [0, 0.1) is 5.92 Å². The summed E-state index contributed by atoms with van der Waals surface area (Å²) < 4.78 is 4.76. The zero-order chi connectivity index (χ0) is 9.40. The van der Waals surface area contributed by atoms with Crippen molar-refractivity contribution in [3.05, 3.63) is 12.2 Å². The summed E-state index contributed by atoms with van der Waals surface area (Å²) in [5.41, 5.74) is 0. The van der Waals surface area contributed by atoms with Crippen LogP contribution in [0.4, 0.5) is 0 Å². The van der Waals surface area contributed by atoms with Crippen molar-refractivity contribution in [2.24, 2.45) is 5.92 Å². The lowest BCUT2D eigenvalue weighted by Gasteiger charge is -2.04. The Balaban J connectivity index is 3.78. The van der Waals surface area contributed by atoms with Gasteiger partial charge < -0.3 is 4.74 Å². The summed E-state index contributed by atoms with van der Waals surface area (Å²) in [5, 5.41) is 0. The van der Waals surface area contributed by atoms with Gasteiger partial charge in [0, 0.05) is 6.08 Å². The molecule has 0 saturated carbocycles. The van der Waals surface area contributed by atoms with Gasteiger partial charge in [0.25, 0.3) is 0 Å². The summed E-state index contributed by atoms with van der Waals surface area (Å²) in [6, 6.07) is 0. The molecule has 0 atom stereocenters. The lowest BCUT2D eigenvalue weighted by molar-refractivity contribution is -0.137. The van der Waals surface area contributed by atoms with Gasteiger partial charge in [-0.1, -0.05) is 19.9 Å². The van der Waals surface area contributed by atoms with Crippen LogP contribution in [-0.2, 0) is 9.53 Å². The fourth-order valence-electron chi connectivity index (χ4n) is 0.966. The van der Waals surface area contributed by atoms with E-state index in [1.54, 1.807) is 0 Å². The Morgan fingerprint density at radius 1 is 1.33 bits per heavy atom. The standard InChI is InChI=1S/C10H18O2/c1-4-9(5-2)7-8-10(11)12-6-3/h7-9H,4-6H2,1-3H3. The molecule has 0 bridgehead atoms. The SMILES string of the molecule is CCOC(=O)C=CC(CC)CC. The Bertz CT molecular complexity index is 146. The molecule has 0 rings (SSSR count). The molecule has 0 aromatic heterocycles. The maximum absolute atomic E-state index is 10.9. The number of allylic oxidation sites excluding steroid dienone is 1. The highest BCUT2D eigenvalue weighted by molar-refractivity contribution is 5.81. The van der Waals surface area contributed by atoms with E-state index in [9.17, 15) is 4.79 Å². The van der Waals surface area contributed by atoms with Gasteiger partial charge >= 0.3 is 5.97 Å². The predicted molar refractivity (Wildman–Crippen MR) is 49.8 cm³/mol. The van der Waals surface area contributed by atoms with Crippen LogP contribution in [0.5, 0.6) is 0 Å². The van der Waals surface area contributed by atoms with E-state index in [4.69, 9.17) is 4.74 Å². The first-order chi connectivity index (χ1) is 5.74. The van der Waals surface area contributed by atoms with E-state index in [1.165, 1.54) is 6.08 Å². The van der Waals surface area contributed by atoms with E-state index in [0.29, 0.717) is 12.5 Å². The molecular formula is C10H18O2. The number of carbonyl (C=O) groups excluding carboxylic acids is 1. The molecule has 0 aromatic rings. The number of hydrogen-bond acceptors (Lipinski definition) is 2. The highest BCUT2D eigenvalue weighted by Gasteiger charge is 1.99. The van der Waals surface area contributed by atoms with Gasteiger partial charge in [0.1, 0.15) is 0 Å². The first kappa shape index (κ1) is 11.2. The molecule has 0 amide bonds. The second-order valence-corrected chi connectivity index (χ2v) is 2.69. The lowest BCUT2D eigenvalue weighted by atomic mass is 10.0. The first-order valence-electron chi connectivity index (χ1n) is 4.59. The smallest absolute Gasteiger partial charge is 0.330 e. The van der Waals surface area contributed by atoms with Crippen molar-refractivity contribution in [2.45, 2.75) is 33.6 Å². The molecule has 0 saturated heterocycles. The first-order valence-corrected chi connectivity index (χ1v) is 4.59. The molecule has 12 heavy (non-hydrogen) atoms. The fourth-order valence-corrected chi connectivity index (χ4v) is 0.966. The second kappa shape index (κ2) is 6.89. The number of carbonyl (C=O) groups is 1. The Hall–Kier alpha value is -0.790. The molecular weight excluding hydrogens is 152 g/mol. The summed E-state index contributed by atoms with van der Waals surface area (Å²) in [6.07, 6.45) is 5.61. The molecule has 0 aliphatic carbocycles. The molecule has 0 radical (unpaired) electrons. The molecule has 0 aliphatic heterocycles. The third-order valence-corrected chi connectivity index (χ3v) is 1.84. The number of rotatable bonds is 5. The van der Waals surface area contributed by atoms with E-state index in [2.05, 4.69) is 13.8 Å². The van der Waals surface area contributed by atoms with E-state index < -0.39 is 0 Å². The summed E-state index contributed by atoms with van der Waals surface area (Å²) in [4.78, 5) is 10.9. The van der Waals surface area contributed by atoms with E-state index in [0.717, 1.165) is 12.8 Å². The second-order valence-electron chi connectivity index (χ2n) is 2.69. The van der Waals surface area contributed by atoms with Crippen LogP contribution in [0.25, 0.3) is 0 Å². The van der Waals surface area contributed by atoms with Crippen LogP contribution in [0.1, 0.15) is 33.6 Å². The van der Waals surface area contributed by atoms with E-state index >= 15 is 0 Å². The third kappa shape index (κ3) is 4.94. The van der Waals surface area contributed by atoms with Crippen LogP contribution < -0.4 is 0 Å².